The van der Waals surface area contributed by atoms with Crippen LogP contribution in [0.3, 0.4) is 0 Å². The molecule has 0 aromatic heterocycles. The van der Waals surface area contributed by atoms with Gasteiger partial charge in [-0.05, 0) is 104 Å². The van der Waals surface area contributed by atoms with E-state index in [4.69, 9.17) is 9.47 Å². The van der Waals surface area contributed by atoms with Gasteiger partial charge in [0.05, 0.1) is 22.3 Å². The second kappa shape index (κ2) is 15.8. The molecule has 1 saturated carbocycles. The molecule has 0 amide bonds. The van der Waals surface area contributed by atoms with Gasteiger partial charge in [-0.1, -0.05) is 90.7 Å². The van der Waals surface area contributed by atoms with Crippen LogP contribution in [0, 0.1) is 0 Å². The molecule has 3 aliphatic heterocycles. The van der Waals surface area contributed by atoms with Gasteiger partial charge < -0.3 is 14.4 Å². The Morgan fingerprint density at radius 1 is 0.660 bits per heavy atom. The van der Waals surface area contributed by atoms with Gasteiger partial charge in [0.25, 0.3) is 0 Å². The van der Waals surface area contributed by atoms with E-state index < -0.39 is 6.03 Å². The lowest BCUT2D eigenvalue weighted by atomic mass is 9.83. The quantitative estimate of drug-likeness (QED) is 0.135. The molecule has 4 aliphatic rings. The smallest absolute Gasteiger partial charge is 0.340 e. The van der Waals surface area contributed by atoms with Crippen molar-refractivity contribution >= 4 is 24.0 Å². The number of unbranched alkanes of at least 4 members (excludes halogenated alkanes) is 3. The van der Waals surface area contributed by atoms with Crippen LogP contribution in [0.25, 0.3) is 0 Å². The number of hydrogen-bond donors (Lipinski definition) is 0. The summed E-state index contributed by atoms with van der Waals surface area (Å²) in [4.78, 5) is 31.0. The molecule has 288 valence electrons. The Morgan fingerprint density at radius 2 is 1.08 bits per heavy atom. The fraction of sp³-hybridized carbons (Fsp3) is 0.652. The first-order chi connectivity index (χ1) is 25.2. The van der Waals surface area contributed by atoms with Crippen molar-refractivity contribution in [2.24, 2.45) is 0 Å². The number of nitrogens with zero attached hydrogens (tertiary/aromatic N) is 3. The number of rotatable bonds is 15. The lowest BCUT2D eigenvalue weighted by Crippen LogP contribution is -2.60. The fourth-order valence-corrected chi connectivity index (χ4v) is 8.62. The van der Waals surface area contributed by atoms with Gasteiger partial charge in [0.2, 0.25) is 12.1 Å². The van der Waals surface area contributed by atoms with E-state index in [1.165, 1.54) is 25.7 Å². The van der Waals surface area contributed by atoms with Crippen molar-refractivity contribution in [1.82, 2.24) is 4.90 Å². The molecule has 7 heteroatoms. The van der Waals surface area contributed by atoms with Gasteiger partial charge in [-0.2, -0.15) is 0 Å². The molecule has 7 nitrogen and oxygen atoms in total. The van der Waals surface area contributed by atoms with E-state index in [0.29, 0.717) is 35.5 Å². The normalized spacial score (nSPS) is 21.7. The lowest BCUT2D eigenvalue weighted by molar-refractivity contribution is -0.866. The third-order valence-electron chi connectivity index (χ3n) is 11.9. The third kappa shape index (κ3) is 7.93. The minimum Gasteiger partial charge on any atom is -0.340 e. The van der Waals surface area contributed by atoms with E-state index in [2.05, 4.69) is 113 Å². The van der Waals surface area contributed by atoms with E-state index in [1.54, 1.807) is 0 Å². The maximum Gasteiger partial charge on any atom is 0.704 e. The average molecular weight is 726 g/mol. The fourth-order valence-electron chi connectivity index (χ4n) is 8.62. The number of hydrogen-bond acceptors (Lipinski definition) is 5. The van der Waals surface area contributed by atoms with Gasteiger partial charge in [-0.25, -0.2) is 0 Å². The summed E-state index contributed by atoms with van der Waals surface area (Å²) in [6, 6.07) is 7.59. The van der Waals surface area contributed by atoms with Crippen LogP contribution < -0.4 is 9.47 Å². The van der Waals surface area contributed by atoms with Crippen LogP contribution in [0.4, 0.5) is 0 Å². The van der Waals surface area contributed by atoms with Crippen LogP contribution in [0.2, 0.25) is 0 Å². The molecule has 6 rings (SSSR count). The van der Waals surface area contributed by atoms with Gasteiger partial charge in [0, 0.05) is 25.7 Å². The first-order valence-electron chi connectivity index (χ1n) is 21.0. The van der Waals surface area contributed by atoms with Crippen LogP contribution in [-0.2, 0) is 10.8 Å². The number of carbonyl (C=O) groups is 2. The summed E-state index contributed by atoms with van der Waals surface area (Å²) >= 11 is 0. The summed E-state index contributed by atoms with van der Waals surface area (Å²) in [6.07, 6.45) is 17.0. The van der Waals surface area contributed by atoms with E-state index in [9.17, 15) is 9.59 Å². The van der Waals surface area contributed by atoms with E-state index in [1.807, 2.05) is 0 Å². The Labute approximate surface area is 319 Å². The molecule has 3 unspecified atom stereocenters. The first kappa shape index (κ1) is 39.4. The number of Topliss-reactive ketones (excluding diaryl/α,β-unsaturated/α-hetero) is 2. The van der Waals surface area contributed by atoms with Crippen LogP contribution in [0.1, 0.15) is 189 Å². The van der Waals surface area contributed by atoms with Crippen molar-refractivity contribution in [1.29, 1.82) is 0 Å². The molecule has 0 N–H and O–H groups in total. The number of carbonyl (C=O) groups excluding carboxylic acids is 2. The Hall–Kier alpha value is -3.32. The second-order valence-electron chi connectivity index (χ2n) is 18.2. The summed E-state index contributed by atoms with van der Waals surface area (Å²) in [5.41, 5.74) is 5.08. The number of ketones is 2. The molecule has 3 atom stereocenters. The summed E-state index contributed by atoms with van der Waals surface area (Å²) in [7, 11) is 0. The maximum atomic E-state index is 14.4. The summed E-state index contributed by atoms with van der Waals surface area (Å²) in [5, 5.41) is 0. The van der Waals surface area contributed by atoms with E-state index in [0.717, 1.165) is 86.8 Å². The molecule has 1 aliphatic carbocycles. The Kier molecular flexibility index (Phi) is 11.7. The number of benzene rings is 2. The minimum atomic E-state index is -1.32. The minimum absolute atomic E-state index is 0.104. The zero-order valence-electron chi connectivity index (χ0n) is 34.4. The summed E-state index contributed by atoms with van der Waals surface area (Å²) in [6.45, 7) is 22.9. The van der Waals surface area contributed by atoms with Crippen molar-refractivity contribution in [2.75, 3.05) is 19.6 Å². The molecule has 2 aromatic carbocycles. The van der Waals surface area contributed by atoms with Crippen molar-refractivity contribution in [3.63, 3.8) is 0 Å². The van der Waals surface area contributed by atoms with E-state index >= 15 is 0 Å². The standard InChI is InChI=1S/C46H67N3O4/c1-10-13-21-40(50)36-28-34(44(4,5)6)26-32-30-48-38-19-16-17-20-39(38)49-31-33-27-35(45(7,8)9)29-37(43(33)53-46(48,49)52-42(32)36)41(51)22-18-25-47(23-14-11-2)24-15-12-3/h26-31,38-39H,10-25H2,1-9H3/q+2. The Bertz CT molecular complexity index is 1750. The molecular formula is C46H67N3O4+2. The van der Waals surface area contributed by atoms with Crippen LogP contribution in [-0.4, -0.2) is 75.8 Å². The van der Waals surface area contributed by atoms with Crippen molar-refractivity contribution in [2.45, 2.75) is 175 Å². The topological polar surface area (TPSA) is 61.9 Å². The van der Waals surface area contributed by atoms with Gasteiger partial charge in [-0.15, -0.1) is 0 Å². The molecule has 2 aromatic rings. The maximum absolute atomic E-state index is 14.4. The highest BCUT2D eigenvalue weighted by molar-refractivity contribution is 6.03. The highest BCUT2D eigenvalue weighted by Gasteiger charge is 2.76. The molecule has 0 radical (unpaired) electrons. The van der Waals surface area contributed by atoms with Crippen LogP contribution >= 0.6 is 0 Å². The van der Waals surface area contributed by atoms with Gasteiger partial charge in [-0.3, -0.25) is 9.59 Å². The highest BCUT2D eigenvalue weighted by atomic mass is 16.7. The van der Waals surface area contributed by atoms with Crippen molar-refractivity contribution in [3.8, 4) is 11.5 Å². The van der Waals surface area contributed by atoms with Crippen LogP contribution in [0.15, 0.2) is 24.3 Å². The monoisotopic (exact) mass is 726 g/mol. The largest absolute Gasteiger partial charge is 0.704 e. The predicted molar refractivity (Wildman–Crippen MR) is 215 cm³/mol. The van der Waals surface area contributed by atoms with Crippen molar-refractivity contribution in [3.05, 3.63) is 57.6 Å². The van der Waals surface area contributed by atoms with Gasteiger partial charge >= 0.3 is 6.03 Å². The van der Waals surface area contributed by atoms with Crippen LogP contribution in [0.5, 0.6) is 11.5 Å². The van der Waals surface area contributed by atoms with E-state index in [-0.39, 0.29) is 34.5 Å². The molecule has 3 heterocycles. The number of fused-ring (bicyclic) bond motifs is 5. The Morgan fingerprint density at radius 3 is 1.49 bits per heavy atom. The SMILES string of the molecule is CCCCC(=O)c1cc(C(C)(C)C)cc2c1OC13Oc4c(cc(C(C)(C)C)cc4C(=O)CCCN(CCCC)CCCC)C=[N+]1C1CCCCC1[N+]3=C2. The zero-order chi connectivity index (χ0) is 38.1. The average Bonchev–Trinajstić information content (AvgIpc) is 3.39. The lowest BCUT2D eigenvalue weighted by Gasteiger charge is -2.31. The zero-order valence-corrected chi connectivity index (χ0v) is 34.4. The number of ether oxygens (including phenoxy) is 2. The second-order valence-corrected chi connectivity index (χ2v) is 18.2. The van der Waals surface area contributed by atoms with Gasteiger partial charge in [0.15, 0.2) is 35.5 Å². The van der Waals surface area contributed by atoms with Crippen molar-refractivity contribution < 1.29 is 28.2 Å². The molecule has 0 bridgehead atoms. The molecular weight excluding hydrogens is 659 g/mol. The predicted octanol–water partition coefficient (Wildman–Crippen LogP) is 9.80. The highest BCUT2D eigenvalue weighted by Crippen LogP contribution is 2.47. The summed E-state index contributed by atoms with van der Waals surface area (Å²) < 4.78 is 19.1. The van der Waals surface area contributed by atoms with Gasteiger partial charge in [0.1, 0.15) is 0 Å². The third-order valence-corrected chi connectivity index (χ3v) is 11.9. The Balaban J connectivity index is 1.44. The molecule has 2 fully saturated rings. The first-order valence-corrected chi connectivity index (χ1v) is 21.0. The molecule has 53 heavy (non-hydrogen) atoms. The summed E-state index contributed by atoms with van der Waals surface area (Å²) in [5.74, 6) is 1.41. The molecule has 1 spiro atoms. The molecule has 1 saturated heterocycles.